The standard InChI is InChI=1S/C19H22N2O4S2/c1-27(23,24)21-15-7-4-6-14(12-15)20-19(22)17-9-2-3-10-18(17)26-13-16-8-5-11-25-16/h2-4,6-7,9-10,12,16,21H,5,8,11,13H2,1H3,(H,20,22). The van der Waals surface area contributed by atoms with E-state index in [-0.39, 0.29) is 12.0 Å². The maximum atomic E-state index is 12.7. The number of carbonyl (C=O) groups is 1. The summed E-state index contributed by atoms with van der Waals surface area (Å²) >= 11 is 1.62. The van der Waals surface area contributed by atoms with Gasteiger partial charge in [0.1, 0.15) is 0 Å². The molecule has 0 radical (unpaired) electrons. The molecular weight excluding hydrogens is 384 g/mol. The zero-order valence-corrected chi connectivity index (χ0v) is 16.6. The summed E-state index contributed by atoms with van der Waals surface area (Å²) in [4.78, 5) is 13.6. The molecule has 1 heterocycles. The lowest BCUT2D eigenvalue weighted by atomic mass is 10.2. The largest absolute Gasteiger partial charge is 0.377 e. The van der Waals surface area contributed by atoms with E-state index in [9.17, 15) is 13.2 Å². The van der Waals surface area contributed by atoms with E-state index in [0.717, 1.165) is 36.4 Å². The number of ether oxygens (including phenoxy) is 1. The first kappa shape index (κ1) is 19.7. The predicted octanol–water partition coefficient (Wildman–Crippen LogP) is 3.58. The zero-order chi connectivity index (χ0) is 19.3. The number of amides is 1. The van der Waals surface area contributed by atoms with Crippen molar-refractivity contribution >= 4 is 39.1 Å². The van der Waals surface area contributed by atoms with E-state index >= 15 is 0 Å². The van der Waals surface area contributed by atoms with Crippen LogP contribution in [0.1, 0.15) is 23.2 Å². The van der Waals surface area contributed by atoms with Gasteiger partial charge in [0.05, 0.1) is 23.6 Å². The smallest absolute Gasteiger partial charge is 0.256 e. The van der Waals surface area contributed by atoms with Gasteiger partial charge < -0.3 is 10.1 Å². The molecule has 1 aliphatic rings. The second kappa shape index (κ2) is 8.77. The first-order valence-corrected chi connectivity index (χ1v) is 11.5. The van der Waals surface area contributed by atoms with Gasteiger partial charge in [0.15, 0.2) is 0 Å². The molecule has 1 unspecified atom stereocenters. The van der Waals surface area contributed by atoms with Crippen molar-refractivity contribution in [1.82, 2.24) is 0 Å². The molecule has 0 aromatic heterocycles. The first-order chi connectivity index (χ1) is 12.9. The Morgan fingerprint density at radius 1 is 1.19 bits per heavy atom. The Balaban J connectivity index is 1.70. The lowest BCUT2D eigenvalue weighted by molar-refractivity contribution is 0.102. The molecule has 0 aliphatic carbocycles. The predicted molar refractivity (Wildman–Crippen MR) is 109 cm³/mol. The SMILES string of the molecule is CS(=O)(=O)Nc1cccc(NC(=O)c2ccccc2SCC2CCCO2)c1. The average molecular weight is 407 g/mol. The van der Waals surface area contributed by atoms with Crippen LogP contribution in [0.2, 0.25) is 0 Å². The molecule has 2 aromatic rings. The maximum Gasteiger partial charge on any atom is 0.256 e. The highest BCUT2D eigenvalue weighted by Gasteiger charge is 2.18. The minimum Gasteiger partial charge on any atom is -0.377 e. The Kier molecular flexibility index (Phi) is 6.41. The molecule has 1 saturated heterocycles. The number of rotatable bonds is 7. The van der Waals surface area contributed by atoms with Crippen molar-refractivity contribution in [3.05, 3.63) is 54.1 Å². The highest BCUT2D eigenvalue weighted by Crippen LogP contribution is 2.27. The number of nitrogens with one attached hydrogen (secondary N) is 2. The van der Waals surface area contributed by atoms with E-state index in [4.69, 9.17) is 4.74 Å². The second-order valence-electron chi connectivity index (χ2n) is 6.35. The molecule has 1 atom stereocenters. The van der Waals surface area contributed by atoms with Gasteiger partial charge in [0.2, 0.25) is 10.0 Å². The molecule has 27 heavy (non-hydrogen) atoms. The van der Waals surface area contributed by atoms with Gasteiger partial charge in [-0.1, -0.05) is 18.2 Å². The van der Waals surface area contributed by atoms with Crippen LogP contribution in [0.4, 0.5) is 11.4 Å². The molecule has 2 aromatic carbocycles. The fraction of sp³-hybridized carbons (Fsp3) is 0.316. The van der Waals surface area contributed by atoms with Crippen molar-refractivity contribution in [3.8, 4) is 0 Å². The Hall–Kier alpha value is -2.03. The summed E-state index contributed by atoms with van der Waals surface area (Å²) in [5, 5.41) is 2.83. The molecule has 6 nitrogen and oxygen atoms in total. The third-order valence-corrected chi connectivity index (χ3v) is 5.82. The van der Waals surface area contributed by atoms with Gasteiger partial charge in [0, 0.05) is 22.9 Å². The van der Waals surface area contributed by atoms with Crippen LogP contribution >= 0.6 is 11.8 Å². The highest BCUT2D eigenvalue weighted by molar-refractivity contribution is 7.99. The summed E-state index contributed by atoms with van der Waals surface area (Å²) < 4.78 is 30.8. The third kappa shape index (κ3) is 5.98. The van der Waals surface area contributed by atoms with Crippen LogP contribution in [-0.2, 0) is 14.8 Å². The summed E-state index contributed by atoms with van der Waals surface area (Å²) in [7, 11) is -3.37. The third-order valence-electron chi connectivity index (χ3n) is 4.00. The van der Waals surface area contributed by atoms with Crippen LogP contribution in [0.15, 0.2) is 53.4 Å². The Labute approximate surface area is 163 Å². The van der Waals surface area contributed by atoms with Gasteiger partial charge in [0.25, 0.3) is 5.91 Å². The molecule has 3 rings (SSSR count). The minimum absolute atomic E-state index is 0.234. The van der Waals surface area contributed by atoms with Gasteiger partial charge >= 0.3 is 0 Å². The van der Waals surface area contributed by atoms with Crippen molar-refractivity contribution in [2.24, 2.45) is 0 Å². The molecule has 8 heteroatoms. The summed E-state index contributed by atoms with van der Waals surface area (Å²) in [5.41, 5.74) is 1.51. The molecule has 144 valence electrons. The summed E-state index contributed by atoms with van der Waals surface area (Å²) in [6, 6.07) is 14.1. The second-order valence-corrected chi connectivity index (χ2v) is 9.16. The van der Waals surface area contributed by atoms with Crippen LogP contribution in [-0.4, -0.2) is 39.0 Å². The molecule has 0 bridgehead atoms. The number of anilines is 2. The van der Waals surface area contributed by atoms with Gasteiger partial charge in [-0.25, -0.2) is 8.42 Å². The van der Waals surface area contributed by atoms with Crippen LogP contribution < -0.4 is 10.0 Å². The van der Waals surface area contributed by atoms with Crippen molar-refractivity contribution in [2.45, 2.75) is 23.8 Å². The average Bonchev–Trinajstić information content (AvgIpc) is 3.12. The normalized spacial score (nSPS) is 16.9. The van der Waals surface area contributed by atoms with Gasteiger partial charge in [-0.15, -0.1) is 11.8 Å². The van der Waals surface area contributed by atoms with E-state index in [1.807, 2.05) is 18.2 Å². The van der Waals surface area contributed by atoms with Crippen molar-refractivity contribution in [2.75, 3.05) is 28.7 Å². The molecule has 2 N–H and O–H groups in total. The van der Waals surface area contributed by atoms with E-state index < -0.39 is 10.0 Å². The molecule has 1 amide bonds. The molecule has 0 saturated carbocycles. The fourth-order valence-electron chi connectivity index (χ4n) is 2.81. The summed E-state index contributed by atoms with van der Waals surface area (Å²) in [6.45, 7) is 0.811. The number of benzene rings is 2. The van der Waals surface area contributed by atoms with Gasteiger partial charge in [-0.2, -0.15) is 0 Å². The Morgan fingerprint density at radius 2 is 1.96 bits per heavy atom. The number of thioether (sulfide) groups is 1. The number of sulfonamides is 1. The van der Waals surface area contributed by atoms with Crippen LogP contribution in [0.3, 0.4) is 0 Å². The van der Waals surface area contributed by atoms with Gasteiger partial charge in [-0.3, -0.25) is 9.52 Å². The lowest BCUT2D eigenvalue weighted by Crippen LogP contribution is -2.14. The van der Waals surface area contributed by atoms with Crippen LogP contribution in [0.5, 0.6) is 0 Å². The van der Waals surface area contributed by atoms with Crippen molar-refractivity contribution in [3.63, 3.8) is 0 Å². The number of hydrogen-bond donors (Lipinski definition) is 2. The maximum absolute atomic E-state index is 12.7. The molecule has 1 fully saturated rings. The molecule has 0 spiro atoms. The lowest BCUT2D eigenvalue weighted by Gasteiger charge is -2.13. The quantitative estimate of drug-likeness (QED) is 0.687. The molecule has 1 aliphatic heterocycles. The van der Waals surface area contributed by atoms with Crippen molar-refractivity contribution < 1.29 is 17.9 Å². The van der Waals surface area contributed by atoms with E-state index in [0.29, 0.717) is 16.9 Å². The zero-order valence-electron chi connectivity index (χ0n) is 15.0. The minimum atomic E-state index is -3.37. The topological polar surface area (TPSA) is 84.5 Å². The summed E-state index contributed by atoms with van der Waals surface area (Å²) in [5.74, 6) is 0.583. The van der Waals surface area contributed by atoms with Crippen molar-refractivity contribution in [1.29, 1.82) is 0 Å². The van der Waals surface area contributed by atoms with E-state index in [2.05, 4.69) is 10.0 Å². The number of carbonyl (C=O) groups excluding carboxylic acids is 1. The molecular formula is C19H22N2O4S2. The summed E-state index contributed by atoms with van der Waals surface area (Å²) in [6.07, 6.45) is 3.47. The Bertz CT molecular complexity index is 909. The van der Waals surface area contributed by atoms with Crippen LogP contribution in [0, 0.1) is 0 Å². The Morgan fingerprint density at radius 3 is 2.70 bits per heavy atom. The number of hydrogen-bond acceptors (Lipinski definition) is 5. The monoisotopic (exact) mass is 406 g/mol. The van der Waals surface area contributed by atoms with E-state index in [1.165, 1.54) is 0 Å². The fourth-order valence-corrected chi connectivity index (χ4v) is 4.49. The van der Waals surface area contributed by atoms with E-state index in [1.54, 1.807) is 42.1 Å². The highest BCUT2D eigenvalue weighted by atomic mass is 32.2. The van der Waals surface area contributed by atoms with Crippen LogP contribution in [0.25, 0.3) is 0 Å². The van der Waals surface area contributed by atoms with Gasteiger partial charge in [-0.05, 0) is 43.2 Å². The first-order valence-electron chi connectivity index (χ1n) is 8.63.